The first-order valence-corrected chi connectivity index (χ1v) is 6.57. The summed E-state index contributed by atoms with van der Waals surface area (Å²) < 4.78 is 10.4. The molecular weight excluding hydrogens is 286 g/mol. The zero-order chi connectivity index (χ0) is 15.5. The number of nitrogens with one attached hydrogen (secondary N) is 2. The largest absolute Gasteiger partial charge is 0.454 e. The van der Waals surface area contributed by atoms with Crippen molar-refractivity contribution in [3.05, 3.63) is 42.1 Å². The summed E-state index contributed by atoms with van der Waals surface area (Å²) >= 11 is 0. The van der Waals surface area contributed by atoms with E-state index in [4.69, 9.17) is 9.47 Å². The standard InChI is InChI=1S/C15H13N3O4/c1-9-3-2-4-13(16-9)18-15(20)14(19)17-10-5-6-11-12(7-10)22-8-21-11/h2-7H,8H2,1H3,(H,17,19)(H,16,18,20). The monoisotopic (exact) mass is 299 g/mol. The molecule has 0 spiro atoms. The number of aryl methyl sites for hydroxylation is 1. The fourth-order valence-electron chi connectivity index (χ4n) is 1.95. The van der Waals surface area contributed by atoms with Crippen LogP contribution in [-0.2, 0) is 9.59 Å². The first kappa shape index (κ1) is 13.9. The Morgan fingerprint density at radius 3 is 2.64 bits per heavy atom. The number of anilines is 2. The zero-order valence-corrected chi connectivity index (χ0v) is 11.8. The molecule has 0 fully saturated rings. The number of hydrogen-bond donors (Lipinski definition) is 2. The SMILES string of the molecule is Cc1cccc(NC(=O)C(=O)Nc2ccc3c(c2)OCO3)n1. The Kier molecular flexibility index (Phi) is 3.61. The molecule has 7 nitrogen and oxygen atoms in total. The summed E-state index contributed by atoms with van der Waals surface area (Å²) in [5, 5.41) is 4.93. The Bertz CT molecular complexity index is 745. The van der Waals surface area contributed by atoms with Gasteiger partial charge in [0.25, 0.3) is 0 Å². The van der Waals surface area contributed by atoms with Gasteiger partial charge in [0.15, 0.2) is 11.5 Å². The highest BCUT2D eigenvalue weighted by Crippen LogP contribution is 2.34. The summed E-state index contributed by atoms with van der Waals surface area (Å²) in [6, 6.07) is 10.0. The summed E-state index contributed by atoms with van der Waals surface area (Å²) in [5.41, 5.74) is 1.19. The molecule has 112 valence electrons. The molecule has 1 aliphatic rings. The van der Waals surface area contributed by atoms with Gasteiger partial charge in [0.2, 0.25) is 6.79 Å². The van der Waals surface area contributed by atoms with E-state index in [2.05, 4.69) is 15.6 Å². The van der Waals surface area contributed by atoms with Crippen molar-refractivity contribution >= 4 is 23.3 Å². The smallest absolute Gasteiger partial charge is 0.315 e. The number of hydrogen-bond acceptors (Lipinski definition) is 5. The molecule has 3 rings (SSSR count). The Morgan fingerprint density at radius 1 is 1.05 bits per heavy atom. The zero-order valence-electron chi connectivity index (χ0n) is 11.8. The minimum atomic E-state index is -0.796. The van der Waals surface area contributed by atoms with Crippen LogP contribution in [0.4, 0.5) is 11.5 Å². The van der Waals surface area contributed by atoms with E-state index in [0.717, 1.165) is 5.69 Å². The number of benzene rings is 1. The van der Waals surface area contributed by atoms with Gasteiger partial charge in [-0.2, -0.15) is 0 Å². The van der Waals surface area contributed by atoms with E-state index in [-0.39, 0.29) is 6.79 Å². The Balaban J connectivity index is 1.65. The first-order valence-electron chi connectivity index (χ1n) is 6.57. The van der Waals surface area contributed by atoms with Gasteiger partial charge in [0, 0.05) is 17.4 Å². The number of rotatable bonds is 2. The van der Waals surface area contributed by atoms with E-state index in [1.54, 1.807) is 43.3 Å². The van der Waals surface area contributed by atoms with Crippen molar-refractivity contribution in [2.45, 2.75) is 6.92 Å². The van der Waals surface area contributed by atoms with Gasteiger partial charge in [0.1, 0.15) is 5.82 Å². The molecule has 1 aliphatic heterocycles. The van der Waals surface area contributed by atoms with Gasteiger partial charge < -0.3 is 20.1 Å². The van der Waals surface area contributed by atoms with Crippen molar-refractivity contribution < 1.29 is 19.1 Å². The lowest BCUT2D eigenvalue weighted by atomic mass is 10.2. The maximum absolute atomic E-state index is 11.9. The predicted molar refractivity (Wildman–Crippen MR) is 78.8 cm³/mol. The quantitative estimate of drug-likeness (QED) is 0.824. The highest BCUT2D eigenvalue weighted by Gasteiger charge is 2.17. The van der Waals surface area contributed by atoms with Crippen LogP contribution >= 0.6 is 0 Å². The molecular formula is C15H13N3O4. The van der Waals surface area contributed by atoms with Crippen molar-refractivity contribution in [1.82, 2.24) is 4.98 Å². The molecule has 1 aromatic carbocycles. The second-order valence-corrected chi connectivity index (χ2v) is 4.64. The normalized spacial score (nSPS) is 11.9. The third-order valence-corrected chi connectivity index (χ3v) is 2.97. The molecule has 7 heteroatoms. The average molecular weight is 299 g/mol. The van der Waals surface area contributed by atoms with Gasteiger partial charge in [0.05, 0.1) is 0 Å². The Labute approximate surface area is 126 Å². The topological polar surface area (TPSA) is 89.6 Å². The molecule has 0 bridgehead atoms. The minimum Gasteiger partial charge on any atom is -0.454 e. The van der Waals surface area contributed by atoms with E-state index in [0.29, 0.717) is 23.0 Å². The van der Waals surface area contributed by atoms with Crippen molar-refractivity contribution in [3.63, 3.8) is 0 Å². The highest BCUT2D eigenvalue weighted by atomic mass is 16.7. The summed E-state index contributed by atoms with van der Waals surface area (Å²) in [7, 11) is 0. The van der Waals surface area contributed by atoms with Gasteiger partial charge in [-0.1, -0.05) is 6.07 Å². The van der Waals surface area contributed by atoms with Gasteiger partial charge >= 0.3 is 11.8 Å². The third kappa shape index (κ3) is 2.98. The van der Waals surface area contributed by atoms with E-state index < -0.39 is 11.8 Å². The van der Waals surface area contributed by atoms with E-state index >= 15 is 0 Å². The number of carbonyl (C=O) groups excluding carboxylic acids is 2. The maximum atomic E-state index is 11.9. The minimum absolute atomic E-state index is 0.145. The number of aromatic nitrogens is 1. The summed E-state index contributed by atoms with van der Waals surface area (Å²) in [5.74, 6) is -0.131. The number of fused-ring (bicyclic) bond motifs is 1. The van der Waals surface area contributed by atoms with Crippen molar-refractivity contribution in [1.29, 1.82) is 0 Å². The Hall–Kier alpha value is -3.09. The van der Waals surface area contributed by atoms with Crippen LogP contribution in [0, 0.1) is 6.92 Å². The number of carbonyl (C=O) groups is 2. The fraction of sp³-hybridized carbons (Fsp3) is 0.133. The van der Waals surface area contributed by atoms with Crippen LogP contribution < -0.4 is 20.1 Å². The van der Waals surface area contributed by atoms with E-state index in [9.17, 15) is 9.59 Å². The number of amides is 2. The number of ether oxygens (including phenoxy) is 2. The number of nitrogens with zero attached hydrogens (tertiary/aromatic N) is 1. The van der Waals surface area contributed by atoms with Crippen LogP contribution in [0.15, 0.2) is 36.4 Å². The van der Waals surface area contributed by atoms with Crippen LogP contribution in [0.25, 0.3) is 0 Å². The van der Waals surface area contributed by atoms with Crippen LogP contribution in [0.3, 0.4) is 0 Å². The summed E-state index contributed by atoms with van der Waals surface area (Å²) in [6.45, 7) is 1.94. The molecule has 0 saturated carbocycles. The fourth-order valence-corrected chi connectivity index (χ4v) is 1.95. The van der Waals surface area contributed by atoms with Gasteiger partial charge in [-0.05, 0) is 31.2 Å². The van der Waals surface area contributed by atoms with Gasteiger partial charge in [-0.3, -0.25) is 9.59 Å². The molecule has 0 radical (unpaired) electrons. The molecule has 0 saturated heterocycles. The molecule has 2 amide bonds. The maximum Gasteiger partial charge on any atom is 0.315 e. The van der Waals surface area contributed by atoms with Gasteiger partial charge in [-0.15, -0.1) is 0 Å². The second-order valence-electron chi connectivity index (χ2n) is 4.64. The number of pyridine rings is 1. The highest BCUT2D eigenvalue weighted by molar-refractivity contribution is 6.43. The molecule has 2 N–H and O–H groups in total. The van der Waals surface area contributed by atoms with Crippen LogP contribution in [0.5, 0.6) is 11.5 Å². The van der Waals surface area contributed by atoms with Crippen LogP contribution in [0.1, 0.15) is 5.69 Å². The van der Waals surface area contributed by atoms with Crippen molar-refractivity contribution in [2.24, 2.45) is 0 Å². The van der Waals surface area contributed by atoms with Crippen LogP contribution in [-0.4, -0.2) is 23.6 Å². The Morgan fingerprint density at radius 2 is 1.82 bits per heavy atom. The molecule has 0 aliphatic carbocycles. The third-order valence-electron chi connectivity index (χ3n) is 2.97. The lowest BCUT2D eigenvalue weighted by Crippen LogP contribution is -2.29. The summed E-state index contributed by atoms with van der Waals surface area (Å²) in [4.78, 5) is 27.8. The molecule has 22 heavy (non-hydrogen) atoms. The molecule has 0 atom stereocenters. The second kappa shape index (κ2) is 5.72. The van der Waals surface area contributed by atoms with Crippen molar-refractivity contribution in [2.75, 3.05) is 17.4 Å². The summed E-state index contributed by atoms with van der Waals surface area (Å²) in [6.07, 6.45) is 0. The lowest BCUT2D eigenvalue weighted by Gasteiger charge is -2.07. The molecule has 2 heterocycles. The predicted octanol–water partition coefficient (Wildman–Crippen LogP) is 1.70. The molecule has 0 unspecified atom stereocenters. The van der Waals surface area contributed by atoms with E-state index in [1.165, 1.54) is 0 Å². The van der Waals surface area contributed by atoms with Gasteiger partial charge in [-0.25, -0.2) is 4.98 Å². The average Bonchev–Trinajstić information content (AvgIpc) is 2.94. The first-order chi connectivity index (χ1) is 10.6. The van der Waals surface area contributed by atoms with E-state index in [1.807, 2.05) is 0 Å². The lowest BCUT2D eigenvalue weighted by molar-refractivity contribution is -0.133. The molecule has 1 aromatic heterocycles. The van der Waals surface area contributed by atoms with Crippen LogP contribution in [0.2, 0.25) is 0 Å². The van der Waals surface area contributed by atoms with Crippen molar-refractivity contribution in [3.8, 4) is 11.5 Å². The molecule has 2 aromatic rings.